The number of nitrogens with zero attached hydrogens (tertiary/aromatic N) is 2. The highest BCUT2D eigenvalue weighted by Crippen LogP contribution is 2.32. The zero-order valence-corrected chi connectivity index (χ0v) is 16.5. The monoisotopic (exact) mass is 446 g/mol. The van der Waals surface area contributed by atoms with Gasteiger partial charge in [-0.3, -0.25) is 14.3 Å². The number of alkyl halides is 3. The van der Waals surface area contributed by atoms with E-state index in [1.807, 2.05) is 12.1 Å². The summed E-state index contributed by atoms with van der Waals surface area (Å²) in [5.41, 5.74) is 0.0152. The Morgan fingerprint density at radius 3 is 2.65 bits per heavy atom. The molecule has 0 aliphatic carbocycles. The van der Waals surface area contributed by atoms with E-state index in [-0.39, 0.29) is 27.8 Å². The summed E-state index contributed by atoms with van der Waals surface area (Å²) in [6.45, 7) is -1.50. The van der Waals surface area contributed by atoms with Crippen molar-refractivity contribution in [3.8, 4) is 28.3 Å². The molecule has 0 aliphatic rings. The zero-order chi connectivity index (χ0) is 22.2. The molecular weight excluding hydrogens is 433 g/mol. The number of rotatable bonds is 4. The number of fused-ring (bicyclic) bond motifs is 1. The number of halogens is 4. The largest absolute Gasteiger partial charge is 0.507 e. The van der Waals surface area contributed by atoms with Crippen molar-refractivity contribution >= 4 is 22.4 Å². The Labute approximate surface area is 178 Å². The fourth-order valence-corrected chi connectivity index (χ4v) is 3.45. The van der Waals surface area contributed by atoms with Crippen LogP contribution in [0.3, 0.4) is 0 Å². The van der Waals surface area contributed by atoms with E-state index < -0.39 is 18.3 Å². The third kappa shape index (κ3) is 4.34. The van der Waals surface area contributed by atoms with Crippen LogP contribution in [0.2, 0.25) is 5.02 Å². The fourth-order valence-electron chi connectivity index (χ4n) is 3.23. The van der Waals surface area contributed by atoms with Crippen molar-refractivity contribution in [2.75, 3.05) is 6.61 Å². The van der Waals surface area contributed by atoms with Crippen LogP contribution < -0.4 is 10.3 Å². The van der Waals surface area contributed by atoms with E-state index in [2.05, 4.69) is 4.98 Å². The van der Waals surface area contributed by atoms with Crippen LogP contribution in [0.1, 0.15) is 0 Å². The fraction of sp³-hybridized carbons (Fsp3) is 0.0909. The molecular formula is C22H14ClF3N2O3. The molecule has 158 valence electrons. The van der Waals surface area contributed by atoms with Gasteiger partial charge in [-0.05, 0) is 23.6 Å². The predicted molar refractivity (Wildman–Crippen MR) is 111 cm³/mol. The first-order chi connectivity index (χ1) is 14.7. The summed E-state index contributed by atoms with van der Waals surface area (Å²) in [5.74, 6) is -0.400. The molecule has 1 N–H and O–H groups in total. The minimum absolute atomic E-state index is 0.00420. The van der Waals surface area contributed by atoms with Gasteiger partial charge in [-0.25, -0.2) is 0 Å². The number of benzene rings is 2. The number of aromatic hydroxyl groups is 1. The van der Waals surface area contributed by atoms with E-state index in [9.17, 15) is 23.1 Å². The number of hydrogen-bond acceptors (Lipinski definition) is 4. The molecule has 4 aromatic rings. The third-order valence-electron chi connectivity index (χ3n) is 4.54. The van der Waals surface area contributed by atoms with Gasteiger partial charge in [0.2, 0.25) is 0 Å². The van der Waals surface area contributed by atoms with Crippen molar-refractivity contribution in [2.45, 2.75) is 6.18 Å². The lowest BCUT2D eigenvalue weighted by Gasteiger charge is -2.14. The third-order valence-corrected chi connectivity index (χ3v) is 4.76. The summed E-state index contributed by atoms with van der Waals surface area (Å²) < 4.78 is 43.4. The van der Waals surface area contributed by atoms with Crippen LogP contribution >= 0.6 is 11.6 Å². The van der Waals surface area contributed by atoms with Gasteiger partial charge in [0.05, 0.1) is 11.3 Å². The highest BCUT2D eigenvalue weighted by Gasteiger charge is 2.28. The number of pyridine rings is 2. The molecule has 0 radical (unpaired) electrons. The molecule has 0 aliphatic heterocycles. The zero-order valence-electron chi connectivity index (χ0n) is 15.7. The first-order valence-electron chi connectivity index (χ1n) is 9.01. The average Bonchev–Trinajstić information content (AvgIpc) is 2.72. The first kappa shape index (κ1) is 20.7. The molecule has 0 unspecified atom stereocenters. The Morgan fingerprint density at radius 2 is 1.87 bits per heavy atom. The van der Waals surface area contributed by atoms with Crippen LogP contribution in [0.5, 0.6) is 11.5 Å². The second-order valence-corrected chi connectivity index (χ2v) is 7.14. The van der Waals surface area contributed by atoms with Crippen molar-refractivity contribution in [2.24, 2.45) is 0 Å². The smallest absolute Gasteiger partial charge is 0.422 e. The van der Waals surface area contributed by atoms with Crippen molar-refractivity contribution in [3.05, 3.63) is 82.5 Å². The van der Waals surface area contributed by atoms with Gasteiger partial charge < -0.3 is 9.84 Å². The van der Waals surface area contributed by atoms with Gasteiger partial charge in [0, 0.05) is 40.6 Å². The second kappa shape index (κ2) is 7.96. The van der Waals surface area contributed by atoms with Crippen LogP contribution in [0, 0.1) is 0 Å². The van der Waals surface area contributed by atoms with Gasteiger partial charge in [0.1, 0.15) is 11.5 Å². The summed E-state index contributed by atoms with van der Waals surface area (Å²) in [5, 5.41) is 12.0. The Hall–Kier alpha value is -3.52. The Balaban J connectivity index is 1.86. The Bertz CT molecular complexity index is 1330. The van der Waals surface area contributed by atoms with Crippen LogP contribution in [0.4, 0.5) is 13.2 Å². The van der Waals surface area contributed by atoms with Crippen LogP contribution in [0.25, 0.3) is 27.6 Å². The normalized spacial score (nSPS) is 11.6. The highest BCUT2D eigenvalue weighted by molar-refractivity contribution is 6.30. The molecule has 0 saturated carbocycles. The van der Waals surface area contributed by atoms with Crippen LogP contribution in [-0.2, 0) is 0 Å². The molecule has 2 aromatic carbocycles. The molecule has 5 nitrogen and oxygen atoms in total. The van der Waals surface area contributed by atoms with Crippen LogP contribution in [0.15, 0.2) is 71.9 Å². The van der Waals surface area contributed by atoms with E-state index in [1.54, 1.807) is 18.3 Å². The summed E-state index contributed by atoms with van der Waals surface area (Å²) in [6, 6.07) is 12.5. The van der Waals surface area contributed by atoms with E-state index in [4.69, 9.17) is 16.3 Å². The maximum Gasteiger partial charge on any atom is 0.422 e. The molecule has 31 heavy (non-hydrogen) atoms. The van der Waals surface area contributed by atoms with E-state index >= 15 is 0 Å². The second-order valence-electron chi connectivity index (χ2n) is 6.71. The predicted octanol–water partition coefficient (Wildman–Crippen LogP) is 5.35. The van der Waals surface area contributed by atoms with Gasteiger partial charge in [0.25, 0.3) is 5.56 Å². The summed E-state index contributed by atoms with van der Waals surface area (Å²) in [6.07, 6.45) is -0.108. The van der Waals surface area contributed by atoms with Crippen molar-refractivity contribution in [1.29, 1.82) is 0 Å². The Kier molecular flexibility index (Phi) is 5.32. The lowest BCUT2D eigenvalue weighted by Crippen LogP contribution is -2.21. The molecule has 0 bridgehead atoms. The van der Waals surface area contributed by atoms with Gasteiger partial charge in [-0.15, -0.1) is 0 Å². The SMILES string of the molecule is O=c1c(-c2cncc3ccccc23)c(O)ccn1-c1cc(Cl)cc(OCC(F)(F)F)c1. The van der Waals surface area contributed by atoms with Gasteiger partial charge in [-0.2, -0.15) is 13.2 Å². The lowest BCUT2D eigenvalue weighted by atomic mass is 10.0. The van der Waals surface area contributed by atoms with Crippen LogP contribution in [-0.4, -0.2) is 27.4 Å². The molecule has 0 amide bonds. The molecule has 4 rings (SSSR count). The topological polar surface area (TPSA) is 64.3 Å². The molecule has 2 aromatic heterocycles. The van der Waals surface area contributed by atoms with Gasteiger partial charge in [0.15, 0.2) is 6.61 Å². The number of ether oxygens (including phenoxy) is 1. The number of aromatic nitrogens is 2. The highest BCUT2D eigenvalue weighted by atomic mass is 35.5. The number of hydrogen-bond donors (Lipinski definition) is 1. The van der Waals surface area contributed by atoms with E-state index in [0.29, 0.717) is 10.9 Å². The lowest BCUT2D eigenvalue weighted by molar-refractivity contribution is -0.153. The van der Waals surface area contributed by atoms with Gasteiger partial charge >= 0.3 is 6.18 Å². The van der Waals surface area contributed by atoms with E-state index in [1.165, 1.54) is 41.2 Å². The van der Waals surface area contributed by atoms with Crippen molar-refractivity contribution in [3.63, 3.8) is 0 Å². The average molecular weight is 447 g/mol. The summed E-state index contributed by atoms with van der Waals surface area (Å²) >= 11 is 6.03. The molecule has 2 heterocycles. The minimum Gasteiger partial charge on any atom is -0.507 e. The molecule has 0 saturated heterocycles. The van der Waals surface area contributed by atoms with E-state index in [0.717, 1.165) is 5.39 Å². The maximum atomic E-state index is 13.3. The molecule has 0 atom stereocenters. The maximum absolute atomic E-state index is 13.3. The molecule has 9 heteroatoms. The van der Waals surface area contributed by atoms with Gasteiger partial charge in [-0.1, -0.05) is 35.9 Å². The molecule has 0 fully saturated rings. The summed E-state index contributed by atoms with van der Waals surface area (Å²) in [7, 11) is 0. The van der Waals surface area contributed by atoms with Crippen molar-refractivity contribution in [1.82, 2.24) is 9.55 Å². The minimum atomic E-state index is -4.52. The summed E-state index contributed by atoms with van der Waals surface area (Å²) in [4.78, 5) is 17.4. The molecule has 0 spiro atoms. The Morgan fingerprint density at radius 1 is 1.10 bits per heavy atom. The quantitative estimate of drug-likeness (QED) is 0.459. The first-order valence-corrected chi connectivity index (χ1v) is 9.39. The van der Waals surface area contributed by atoms with Crippen molar-refractivity contribution < 1.29 is 23.0 Å². The standard InChI is InChI=1S/C22H14ClF3N2O3/c23-14-7-15(9-16(8-14)31-12-22(24,25)26)28-6-5-19(29)20(21(28)30)18-11-27-10-13-3-1-2-4-17(13)18/h1-11,29H,12H2.